The standard InChI is InChI=1S/C12H17NO5S/c1-12(2,3)19(16,17)8-7-18-9-5-4-6-13-10(9)11(14)15/h4-6H,7-8H2,1-3H3,(H,14,15). The van der Waals surface area contributed by atoms with E-state index in [9.17, 15) is 13.2 Å². The molecule has 0 spiro atoms. The lowest BCUT2D eigenvalue weighted by Crippen LogP contribution is -2.32. The summed E-state index contributed by atoms with van der Waals surface area (Å²) in [5, 5.41) is 8.89. The first kappa shape index (κ1) is 15.4. The second kappa shape index (κ2) is 5.56. The van der Waals surface area contributed by atoms with E-state index in [1.165, 1.54) is 18.3 Å². The number of carboxylic acid groups (broad SMARTS) is 1. The van der Waals surface area contributed by atoms with Crippen LogP contribution in [0.15, 0.2) is 18.3 Å². The van der Waals surface area contributed by atoms with E-state index in [1.54, 1.807) is 20.8 Å². The van der Waals surface area contributed by atoms with Gasteiger partial charge in [0.2, 0.25) is 0 Å². The molecule has 106 valence electrons. The Morgan fingerprint density at radius 2 is 2.05 bits per heavy atom. The van der Waals surface area contributed by atoms with Crippen molar-refractivity contribution in [2.75, 3.05) is 12.4 Å². The molecule has 0 aliphatic rings. The highest BCUT2D eigenvalue weighted by Crippen LogP contribution is 2.18. The molecule has 19 heavy (non-hydrogen) atoms. The number of nitrogens with zero attached hydrogens (tertiary/aromatic N) is 1. The maximum absolute atomic E-state index is 11.8. The number of hydrogen-bond donors (Lipinski definition) is 1. The van der Waals surface area contributed by atoms with E-state index in [1.807, 2.05) is 0 Å². The Labute approximate surface area is 112 Å². The number of aromatic nitrogens is 1. The van der Waals surface area contributed by atoms with Crippen molar-refractivity contribution < 1.29 is 23.1 Å². The SMILES string of the molecule is CC(C)(C)S(=O)(=O)CCOc1cccnc1C(=O)O. The molecule has 0 aliphatic carbocycles. The van der Waals surface area contributed by atoms with E-state index < -0.39 is 20.6 Å². The lowest BCUT2D eigenvalue weighted by atomic mass is 10.3. The van der Waals surface area contributed by atoms with Crippen molar-refractivity contribution in [1.29, 1.82) is 0 Å². The van der Waals surface area contributed by atoms with Gasteiger partial charge in [0.15, 0.2) is 21.3 Å². The number of carbonyl (C=O) groups is 1. The molecule has 7 heteroatoms. The van der Waals surface area contributed by atoms with Gasteiger partial charge in [-0.2, -0.15) is 0 Å². The van der Waals surface area contributed by atoms with Gasteiger partial charge in [-0.25, -0.2) is 18.2 Å². The minimum Gasteiger partial charge on any atom is -0.490 e. The van der Waals surface area contributed by atoms with E-state index in [0.29, 0.717) is 0 Å². The van der Waals surface area contributed by atoms with Gasteiger partial charge in [0.05, 0.1) is 10.5 Å². The molecule has 1 rings (SSSR count). The number of hydrogen-bond acceptors (Lipinski definition) is 5. The molecule has 0 saturated carbocycles. The van der Waals surface area contributed by atoms with Crippen molar-refractivity contribution in [2.24, 2.45) is 0 Å². The van der Waals surface area contributed by atoms with Gasteiger partial charge in [-0.3, -0.25) is 0 Å². The van der Waals surface area contributed by atoms with Crippen LogP contribution in [-0.4, -0.2) is 41.6 Å². The maximum Gasteiger partial charge on any atom is 0.358 e. The van der Waals surface area contributed by atoms with Crippen LogP contribution in [0.3, 0.4) is 0 Å². The Bertz CT molecular complexity index is 560. The number of ether oxygens (including phenoxy) is 1. The normalized spacial score (nSPS) is 12.2. The zero-order valence-electron chi connectivity index (χ0n) is 11.1. The average Bonchev–Trinajstić information content (AvgIpc) is 2.27. The van der Waals surface area contributed by atoms with E-state index >= 15 is 0 Å². The molecule has 1 aromatic heterocycles. The first-order chi connectivity index (χ1) is 8.65. The van der Waals surface area contributed by atoms with Crippen LogP contribution in [0.25, 0.3) is 0 Å². The van der Waals surface area contributed by atoms with Crippen molar-refractivity contribution in [3.8, 4) is 5.75 Å². The molecule has 0 bridgehead atoms. The molecule has 1 N–H and O–H groups in total. The van der Waals surface area contributed by atoms with Crippen LogP contribution < -0.4 is 4.74 Å². The van der Waals surface area contributed by atoms with Gasteiger partial charge in [0.25, 0.3) is 0 Å². The highest BCUT2D eigenvalue weighted by atomic mass is 32.2. The molecule has 0 aliphatic heterocycles. The van der Waals surface area contributed by atoms with Crippen molar-refractivity contribution in [1.82, 2.24) is 4.98 Å². The summed E-state index contributed by atoms with van der Waals surface area (Å²) < 4.78 is 28.0. The summed E-state index contributed by atoms with van der Waals surface area (Å²) >= 11 is 0. The molecule has 0 amide bonds. The number of aromatic carboxylic acids is 1. The van der Waals surface area contributed by atoms with E-state index in [4.69, 9.17) is 9.84 Å². The van der Waals surface area contributed by atoms with Crippen LogP contribution in [0.5, 0.6) is 5.75 Å². The molecule has 6 nitrogen and oxygen atoms in total. The third kappa shape index (κ3) is 3.92. The quantitative estimate of drug-likeness (QED) is 0.879. The van der Waals surface area contributed by atoms with Gasteiger partial charge >= 0.3 is 5.97 Å². The monoisotopic (exact) mass is 287 g/mol. The lowest BCUT2D eigenvalue weighted by Gasteiger charge is -2.19. The predicted molar refractivity (Wildman–Crippen MR) is 70.2 cm³/mol. The summed E-state index contributed by atoms with van der Waals surface area (Å²) in [6.45, 7) is 4.71. The molecule has 0 fully saturated rings. The Morgan fingerprint density at radius 1 is 1.42 bits per heavy atom. The van der Waals surface area contributed by atoms with Gasteiger partial charge in [-0.05, 0) is 32.9 Å². The third-order valence-electron chi connectivity index (χ3n) is 2.52. The summed E-state index contributed by atoms with van der Waals surface area (Å²) in [5.74, 6) is -1.32. The van der Waals surface area contributed by atoms with E-state index in [0.717, 1.165) is 0 Å². The van der Waals surface area contributed by atoms with Crippen LogP contribution in [0.1, 0.15) is 31.3 Å². The zero-order valence-corrected chi connectivity index (χ0v) is 11.9. The summed E-state index contributed by atoms with van der Waals surface area (Å²) in [4.78, 5) is 14.5. The van der Waals surface area contributed by atoms with E-state index in [-0.39, 0.29) is 23.8 Å². The molecule has 1 aromatic rings. The molecule has 0 saturated heterocycles. The molecule has 1 heterocycles. The summed E-state index contributed by atoms with van der Waals surface area (Å²) in [5.41, 5.74) is -0.226. The highest BCUT2D eigenvalue weighted by molar-refractivity contribution is 7.92. The maximum atomic E-state index is 11.8. The fourth-order valence-electron chi connectivity index (χ4n) is 1.24. The second-order valence-electron chi connectivity index (χ2n) is 4.94. The largest absolute Gasteiger partial charge is 0.490 e. The average molecular weight is 287 g/mol. The van der Waals surface area contributed by atoms with Gasteiger partial charge in [0.1, 0.15) is 6.61 Å². The lowest BCUT2D eigenvalue weighted by molar-refractivity contribution is 0.0685. The van der Waals surface area contributed by atoms with Crippen LogP contribution in [0, 0.1) is 0 Å². The number of rotatable bonds is 5. The minimum atomic E-state index is -3.29. The van der Waals surface area contributed by atoms with Gasteiger partial charge in [-0.15, -0.1) is 0 Å². The van der Waals surface area contributed by atoms with E-state index in [2.05, 4.69) is 4.98 Å². The highest BCUT2D eigenvalue weighted by Gasteiger charge is 2.28. The van der Waals surface area contributed by atoms with Gasteiger partial charge in [0, 0.05) is 6.20 Å². The van der Waals surface area contributed by atoms with Crippen molar-refractivity contribution >= 4 is 15.8 Å². The smallest absolute Gasteiger partial charge is 0.358 e. The van der Waals surface area contributed by atoms with Crippen molar-refractivity contribution in [3.63, 3.8) is 0 Å². The van der Waals surface area contributed by atoms with Crippen LogP contribution >= 0.6 is 0 Å². The fourth-order valence-corrected chi connectivity index (χ4v) is 2.15. The number of pyridine rings is 1. The Hall–Kier alpha value is -1.63. The molecule has 0 atom stereocenters. The Morgan fingerprint density at radius 3 is 2.58 bits per heavy atom. The van der Waals surface area contributed by atoms with Gasteiger partial charge in [-0.1, -0.05) is 0 Å². The predicted octanol–water partition coefficient (Wildman–Crippen LogP) is 1.37. The van der Waals surface area contributed by atoms with Gasteiger partial charge < -0.3 is 9.84 Å². The topological polar surface area (TPSA) is 93.6 Å². The molecule has 0 unspecified atom stereocenters. The van der Waals surface area contributed by atoms with Crippen LogP contribution in [0.2, 0.25) is 0 Å². The summed E-state index contributed by atoms with van der Waals surface area (Å²) in [6.07, 6.45) is 1.34. The van der Waals surface area contributed by atoms with Crippen molar-refractivity contribution in [3.05, 3.63) is 24.0 Å². The Kier molecular flexibility index (Phi) is 4.52. The number of sulfone groups is 1. The molecular formula is C12H17NO5S. The zero-order chi connectivity index (χ0) is 14.7. The minimum absolute atomic E-state index is 0.0686. The summed E-state index contributed by atoms with van der Waals surface area (Å²) in [6, 6.07) is 2.97. The Balaban J connectivity index is 2.72. The molecule has 0 radical (unpaired) electrons. The van der Waals surface area contributed by atoms with Crippen LogP contribution in [-0.2, 0) is 9.84 Å². The second-order valence-corrected chi connectivity index (χ2v) is 7.80. The first-order valence-electron chi connectivity index (χ1n) is 5.68. The molecule has 0 aromatic carbocycles. The third-order valence-corrected chi connectivity index (χ3v) is 5.09. The van der Waals surface area contributed by atoms with Crippen LogP contribution in [0.4, 0.5) is 0 Å². The first-order valence-corrected chi connectivity index (χ1v) is 7.34. The molecular weight excluding hydrogens is 270 g/mol. The summed E-state index contributed by atoms with van der Waals surface area (Å²) in [7, 11) is -3.29. The number of carboxylic acids is 1. The van der Waals surface area contributed by atoms with Crippen molar-refractivity contribution in [2.45, 2.75) is 25.5 Å². The fraction of sp³-hybridized carbons (Fsp3) is 0.500.